The summed E-state index contributed by atoms with van der Waals surface area (Å²) in [6, 6.07) is 0. The first-order chi connectivity index (χ1) is 6.72. The molecule has 0 aromatic rings. The molecule has 82 valence electrons. The third-order valence-electron chi connectivity index (χ3n) is 3.18. The molecule has 0 atom stereocenters. The van der Waals surface area contributed by atoms with E-state index in [-0.39, 0.29) is 11.4 Å². The highest BCUT2D eigenvalue weighted by atomic mass is 16.5. The van der Waals surface area contributed by atoms with E-state index < -0.39 is 0 Å². The van der Waals surface area contributed by atoms with Crippen molar-refractivity contribution in [2.45, 2.75) is 58.8 Å². The van der Waals surface area contributed by atoms with Gasteiger partial charge in [-0.3, -0.25) is 4.79 Å². The zero-order valence-electron chi connectivity index (χ0n) is 9.47. The molecule has 0 aliphatic carbocycles. The van der Waals surface area contributed by atoms with Crippen molar-refractivity contribution in [3.8, 4) is 0 Å². The van der Waals surface area contributed by atoms with Gasteiger partial charge in [-0.15, -0.1) is 0 Å². The van der Waals surface area contributed by atoms with E-state index in [1.165, 1.54) is 25.7 Å². The van der Waals surface area contributed by atoms with E-state index in [0.29, 0.717) is 13.0 Å². The molecule has 0 spiro atoms. The fraction of sp³-hybridized carbons (Fsp3) is 0.917. The lowest BCUT2D eigenvalue weighted by atomic mass is 9.78. The van der Waals surface area contributed by atoms with Gasteiger partial charge in [0.25, 0.3) is 0 Å². The second kappa shape index (κ2) is 5.38. The molecule has 1 saturated heterocycles. The molecular weight excluding hydrogens is 176 g/mol. The van der Waals surface area contributed by atoms with Crippen molar-refractivity contribution in [1.82, 2.24) is 0 Å². The van der Waals surface area contributed by atoms with Crippen molar-refractivity contribution in [1.29, 1.82) is 0 Å². The van der Waals surface area contributed by atoms with E-state index in [1.54, 1.807) is 0 Å². The average Bonchev–Trinajstić information content (AvgIpc) is 2.55. The molecule has 14 heavy (non-hydrogen) atoms. The molecular formula is C12H22O2. The van der Waals surface area contributed by atoms with Crippen molar-refractivity contribution in [3.05, 3.63) is 0 Å². The molecule has 1 heterocycles. The van der Waals surface area contributed by atoms with Crippen LogP contribution in [-0.2, 0) is 9.53 Å². The number of hydrogen-bond donors (Lipinski definition) is 0. The van der Waals surface area contributed by atoms with E-state index in [0.717, 1.165) is 12.8 Å². The number of rotatable bonds is 6. The molecule has 0 N–H and O–H groups in total. The average molecular weight is 198 g/mol. The summed E-state index contributed by atoms with van der Waals surface area (Å²) in [4.78, 5) is 11.2. The van der Waals surface area contributed by atoms with Crippen LogP contribution in [0.15, 0.2) is 0 Å². The molecule has 0 unspecified atom stereocenters. The van der Waals surface area contributed by atoms with Crippen LogP contribution < -0.4 is 0 Å². The third-order valence-corrected chi connectivity index (χ3v) is 3.18. The Balaban J connectivity index is 2.46. The molecule has 1 aliphatic heterocycles. The number of carbonyl (C=O) groups excluding carboxylic acids is 1. The zero-order chi connectivity index (χ0) is 10.4. The number of esters is 1. The molecule has 1 rings (SSSR count). The SMILES string of the molecule is CCCCC1(CCCC)COC(=O)C1. The van der Waals surface area contributed by atoms with Gasteiger partial charge in [0, 0.05) is 5.41 Å². The number of cyclic esters (lactones) is 1. The zero-order valence-corrected chi connectivity index (χ0v) is 9.47. The maximum atomic E-state index is 11.2. The van der Waals surface area contributed by atoms with Gasteiger partial charge in [0.2, 0.25) is 0 Å². The van der Waals surface area contributed by atoms with Gasteiger partial charge in [-0.05, 0) is 12.8 Å². The molecule has 0 radical (unpaired) electrons. The third kappa shape index (κ3) is 3.00. The lowest BCUT2D eigenvalue weighted by Crippen LogP contribution is -2.21. The summed E-state index contributed by atoms with van der Waals surface area (Å²) >= 11 is 0. The summed E-state index contributed by atoms with van der Waals surface area (Å²) in [5.74, 6) is 0.0113. The first-order valence-electron chi connectivity index (χ1n) is 5.88. The van der Waals surface area contributed by atoms with Crippen LogP contribution in [0, 0.1) is 5.41 Å². The maximum Gasteiger partial charge on any atom is 0.306 e. The van der Waals surface area contributed by atoms with Crippen LogP contribution >= 0.6 is 0 Å². The Kier molecular flexibility index (Phi) is 4.43. The van der Waals surface area contributed by atoms with Crippen LogP contribution in [0.4, 0.5) is 0 Å². The molecule has 0 aromatic carbocycles. The van der Waals surface area contributed by atoms with Gasteiger partial charge in [0.05, 0.1) is 13.0 Å². The summed E-state index contributed by atoms with van der Waals surface area (Å²) in [6.07, 6.45) is 7.85. The summed E-state index contributed by atoms with van der Waals surface area (Å²) in [6.45, 7) is 5.07. The van der Waals surface area contributed by atoms with Crippen LogP contribution in [0.5, 0.6) is 0 Å². The van der Waals surface area contributed by atoms with Crippen molar-refractivity contribution in [3.63, 3.8) is 0 Å². The van der Waals surface area contributed by atoms with E-state index in [9.17, 15) is 4.79 Å². The first-order valence-corrected chi connectivity index (χ1v) is 5.88. The number of hydrogen-bond acceptors (Lipinski definition) is 2. The normalized spacial score (nSPS) is 19.7. The highest BCUT2D eigenvalue weighted by molar-refractivity contribution is 5.72. The highest BCUT2D eigenvalue weighted by Gasteiger charge is 2.38. The summed E-state index contributed by atoms with van der Waals surface area (Å²) < 4.78 is 5.12. The standard InChI is InChI=1S/C12H22O2/c1-3-5-7-12(8-6-4-2)9-11(13)14-10-12/h3-10H2,1-2H3. The van der Waals surface area contributed by atoms with Gasteiger partial charge in [0.15, 0.2) is 0 Å². The van der Waals surface area contributed by atoms with Gasteiger partial charge >= 0.3 is 5.97 Å². The fourth-order valence-corrected chi connectivity index (χ4v) is 2.19. The molecule has 1 aliphatic rings. The Hall–Kier alpha value is -0.530. The number of unbranched alkanes of at least 4 members (excludes halogenated alkanes) is 2. The van der Waals surface area contributed by atoms with E-state index in [4.69, 9.17) is 4.74 Å². The minimum Gasteiger partial charge on any atom is -0.465 e. The maximum absolute atomic E-state index is 11.2. The molecule has 0 bridgehead atoms. The molecule has 0 aromatic heterocycles. The van der Waals surface area contributed by atoms with Crippen molar-refractivity contribution in [2.24, 2.45) is 5.41 Å². The van der Waals surface area contributed by atoms with Crippen molar-refractivity contribution >= 4 is 5.97 Å². The van der Waals surface area contributed by atoms with E-state index in [2.05, 4.69) is 13.8 Å². The van der Waals surface area contributed by atoms with Crippen LogP contribution in [0.1, 0.15) is 58.8 Å². The number of ether oxygens (including phenoxy) is 1. The second-order valence-electron chi connectivity index (χ2n) is 4.54. The smallest absolute Gasteiger partial charge is 0.306 e. The Labute approximate surface area is 87.0 Å². The largest absolute Gasteiger partial charge is 0.465 e. The quantitative estimate of drug-likeness (QED) is 0.612. The molecule has 2 nitrogen and oxygen atoms in total. The lowest BCUT2D eigenvalue weighted by molar-refractivity contribution is -0.137. The Morgan fingerprint density at radius 1 is 1.21 bits per heavy atom. The first kappa shape index (κ1) is 11.5. The van der Waals surface area contributed by atoms with Gasteiger partial charge in [-0.2, -0.15) is 0 Å². The Morgan fingerprint density at radius 2 is 1.79 bits per heavy atom. The molecule has 0 saturated carbocycles. The van der Waals surface area contributed by atoms with Crippen molar-refractivity contribution < 1.29 is 9.53 Å². The molecule has 0 amide bonds. The van der Waals surface area contributed by atoms with Gasteiger partial charge in [-0.25, -0.2) is 0 Å². The van der Waals surface area contributed by atoms with E-state index in [1.807, 2.05) is 0 Å². The predicted molar refractivity (Wildman–Crippen MR) is 57.1 cm³/mol. The van der Waals surface area contributed by atoms with Gasteiger partial charge in [0.1, 0.15) is 0 Å². The van der Waals surface area contributed by atoms with Crippen LogP contribution in [0.2, 0.25) is 0 Å². The topological polar surface area (TPSA) is 26.3 Å². The summed E-state index contributed by atoms with van der Waals surface area (Å²) in [7, 11) is 0. The number of carbonyl (C=O) groups is 1. The van der Waals surface area contributed by atoms with Crippen molar-refractivity contribution in [2.75, 3.05) is 6.61 Å². The summed E-state index contributed by atoms with van der Waals surface area (Å²) in [5, 5.41) is 0. The van der Waals surface area contributed by atoms with Gasteiger partial charge in [-0.1, -0.05) is 39.5 Å². The highest BCUT2D eigenvalue weighted by Crippen LogP contribution is 2.39. The summed E-state index contributed by atoms with van der Waals surface area (Å²) in [5.41, 5.74) is 0.198. The van der Waals surface area contributed by atoms with Crippen LogP contribution in [0.3, 0.4) is 0 Å². The minimum absolute atomic E-state index is 0.0113. The predicted octanol–water partition coefficient (Wildman–Crippen LogP) is 3.30. The Morgan fingerprint density at radius 3 is 2.14 bits per heavy atom. The second-order valence-corrected chi connectivity index (χ2v) is 4.54. The minimum atomic E-state index is 0.0113. The molecule has 1 fully saturated rings. The van der Waals surface area contributed by atoms with E-state index >= 15 is 0 Å². The Bertz CT molecular complexity index is 179. The van der Waals surface area contributed by atoms with Crippen LogP contribution in [-0.4, -0.2) is 12.6 Å². The fourth-order valence-electron chi connectivity index (χ4n) is 2.19. The van der Waals surface area contributed by atoms with Crippen LogP contribution in [0.25, 0.3) is 0 Å². The van der Waals surface area contributed by atoms with Gasteiger partial charge < -0.3 is 4.74 Å². The lowest BCUT2D eigenvalue weighted by Gasteiger charge is -2.25. The molecule has 2 heteroatoms. The monoisotopic (exact) mass is 198 g/mol.